The van der Waals surface area contributed by atoms with Gasteiger partial charge in [-0.3, -0.25) is 9.00 Å². The van der Waals surface area contributed by atoms with Crippen molar-refractivity contribution in [1.82, 2.24) is 5.32 Å². The van der Waals surface area contributed by atoms with Crippen molar-refractivity contribution >= 4 is 16.7 Å². The fraction of sp³-hybridized carbons (Fsp3) is 0.316. The van der Waals surface area contributed by atoms with E-state index in [0.29, 0.717) is 18.7 Å². The van der Waals surface area contributed by atoms with E-state index in [2.05, 4.69) is 19.2 Å². The summed E-state index contributed by atoms with van der Waals surface area (Å²) in [5.74, 6) is 0.422. The third kappa shape index (κ3) is 5.32. The van der Waals surface area contributed by atoms with Gasteiger partial charge in [0.2, 0.25) is 5.91 Å². The molecule has 0 saturated carbocycles. The topological polar surface area (TPSA) is 46.2 Å². The van der Waals surface area contributed by atoms with Crippen LogP contribution in [0.15, 0.2) is 65.6 Å². The standard InChI is InChI=1S/C19H23NO2S/c1-19(2,16-9-5-3-6-10-16)15-18(21)20-13-14-23(22)17-11-7-4-8-12-17/h3-12H,13-15H2,1-2H3,(H,20,21). The van der Waals surface area contributed by atoms with Crippen molar-refractivity contribution in [2.75, 3.05) is 12.3 Å². The van der Waals surface area contributed by atoms with E-state index in [1.807, 2.05) is 60.7 Å². The number of benzene rings is 2. The first-order valence-corrected chi connectivity index (χ1v) is 9.06. The normalized spacial score (nSPS) is 12.6. The quantitative estimate of drug-likeness (QED) is 0.847. The maximum absolute atomic E-state index is 12.1. The summed E-state index contributed by atoms with van der Waals surface area (Å²) in [7, 11) is -1.07. The zero-order valence-corrected chi connectivity index (χ0v) is 14.4. The van der Waals surface area contributed by atoms with Crippen LogP contribution in [-0.2, 0) is 21.0 Å². The summed E-state index contributed by atoms with van der Waals surface area (Å²) in [5, 5.41) is 2.88. The Morgan fingerprint density at radius 3 is 2.17 bits per heavy atom. The maximum atomic E-state index is 12.1. The molecule has 4 heteroatoms. The predicted molar refractivity (Wildman–Crippen MR) is 94.8 cm³/mol. The highest BCUT2D eigenvalue weighted by Crippen LogP contribution is 2.26. The van der Waals surface area contributed by atoms with Gasteiger partial charge in [-0.1, -0.05) is 62.4 Å². The molecular weight excluding hydrogens is 306 g/mol. The van der Waals surface area contributed by atoms with Crippen molar-refractivity contribution in [2.45, 2.75) is 30.6 Å². The molecule has 23 heavy (non-hydrogen) atoms. The van der Waals surface area contributed by atoms with E-state index in [9.17, 15) is 9.00 Å². The van der Waals surface area contributed by atoms with Gasteiger partial charge in [-0.25, -0.2) is 0 Å². The Morgan fingerprint density at radius 2 is 1.57 bits per heavy atom. The lowest BCUT2D eigenvalue weighted by molar-refractivity contribution is -0.122. The Balaban J connectivity index is 1.80. The molecule has 0 spiro atoms. The smallest absolute Gasteiger partial charge is 0.220 e. The van der Waals surface area contributed by atoms with Crippen molar-refractivity contribution in [3.8, 4) is 0 Å². The molecule has 1 N–H and O–H groups in total. The Labute approximate surface area is 140 Å². The largest absolute Gasteiger partial charge is 0.355 e. The average Bonchev–Trinajstić information content (AvgIpc) is 2.56. The molecule has 0 saturated heterocycles. The first kappa shape index (κ1) is 17.4. The second-order valence-electron chi connectivity index (χ2n) is 6.14. The number of hydrogen-bond acceptors (Lipinski definition) is 2. The van der Waals surface area contributed by atoms with E-state index in [0.717, 1.165) is 10.5 Å². The lowest BCUT2D eigenvalue weighted by Crippen LogP contribution is -2.33. The predicted octanol–water partition coefficient (Wildman–Crippen LogP) is 3.28. The van der Waals surface area contributed by atoms with E-state index >= 15 is 0 Å². The molecule has 0 aliphatic rings. The summed E-state index contributed by atoms with van der Waals surface area (Å²) >= 11 is 0. The minimum atomic E-state index is -1.07. The Hall–Kier alpha value is -1.94. The van der Waals surface area contributed by atoms with Crippen LogP contribution in [0.25, 0.3) is 0 Å². The van der Waals surface area contributed by atoms with Crippen molar-refractivity contribution in [2.24, 2.45) is 0 Å². The molecule has 0 aliphatic heterocycles. The van der Waals surface area contributed by atoms with E-state index < -0.39 is 10.8 Å². The highest BCUT2D eigenvalue weighted by atomic mass is 32.2. The van der Waals surface area contributed by atoms with Crippen LogP contribution in [0.2, 0.25) is 0 Å². The highest BCUT2D eigenvalue weighted by Gasteiger charge is 2.23. The van der Waals surface area contributed by atoms with Crippen LogP contribution in [0.5, 0.6) is 0 Å². The number of carbonyl (C=O) groups excluding carboxylic acids is 1. The van der Waals surface area contributed by atoms with Crippen LogP contribution < -0.4 is 5.32 Å². The molecule has 3 nitrogen and oxygen atoms in total. The second kappa shape index (κ2) is 8.06. The molecule has 1 unspecified atom stereocenters. The number of amides is 1. The first-order valence-electron chi connectivity index (χ1n) is 7.75. The first-order chi connectivity index (χ1) is 11.0. The Bertz CT molecular complexity index is 654. The van der Waals surface area contributed by atoms with Gasteiger partial charge in [0.25, 0.3) is 0 Å². The van der Waals surface area contributed by atoms with Gasteiger partial charge in [0.05, 0.1) is 10.8 Å². The molecule has 0 aromatic heterocycles. The number of nitrogens with one attached hydrogen (secondary N) is 1. The molecule has 1 atom stereocenters. The van der Waals surface area contributed by atoms with E-state index in [-0.39, 0.29) is 11.3 Å². The minimum Gasteiger partial charge on any atom is -0.355 e. The monoisotopic (exact) mass is 329 g/mol. The molecule has 0 radical (unpaired) electrons. The van der Waals surface area contributed by atoms with Gasteiger partial charge in [-0.15, -0.1) is 0 Å². The van der Waals surface area contributed by atoms with Gasteiger partial charge >= 0.3 is 0 Å². The molecule has 2 aromatic rings. The summed E-state index contributed by atoms with van der Waals surface area (Å²) in [4.78, 5) is 12.9. The Morgan fingerprint density at radius 1 is 1.00 bits per heavy atom. The second-order valence-corrected chi connectivity index (χ2v) is 7.71. The summed E-state index contributed by atoms with van der Waals surface area (Å²) in [6.07, 6.45) is 0.412. The van der Waals surface area contributed by atoms with Gasteiger partial charge in [0.1, 0.15) is 0 Å². The zero-order valence-electron chi connectivity index (χ0n) is 13.6. The fourth-order valence-electron chi connectivity index (χ4n) is 2.43. The van der Waals surface area contributed by atoms with Crippen LogP contribution in [0.3, 0.4) is 0 Å². The number of hydrogen-bond donors (Lipinski definition) is 1. The summed E-state index contributed by atoms with van der Waals surface area (Å²) in [5.41, 5.74) is 0.923. The molecule has 0 heterocycles. The molecule has 122 valence electrons. The van der Waals surface area contributed by atoms with E-state index in [4.69, 9.17) is 0 Å². The van der Waals surface area contributed by atoms with Crippen molar-refractivity contribution in [1.29, 1.82) is 0 Å². The van der Waals surface area contributed by atoms with Gasteiger partial charge in [0.15, 0.2) is 0 Å². The van der Waals surface area contributed by atoms with Gasteiger partial charge < -0.3 is 5.32 Å². The Kier molecular flexibility index (Phi) is 6.11. The summed E-state index contributed by atoms with van der Waals surface area (Å²) in [6.45, 7) is 4.54. The third-order valence-electron chi connectivity index (χ3n) is 3.77. The number of rotatable bonds is 7. The van der Waals surface area contributed by atoms with Crippen LogP contribution in [0, 0.1) is 0 Å². The molecule has 0 fully saturated rings. The van der Waals surface area contributed by atoms with E-state index in [1.165, 1.54) is 0 Å². The van der Waals surface area contributed by atoms with Crippen LogP contribution >= 0.6 is 0 Å². The van der Waals surface area contributed by atoms with Crippen molar-refractivity contribution in [3.05, 3.63) is 66.2 Å². The van der Waals surface area contributed by atoms with Crippen molar-refractivity contribution < 1.29 is 9.00 Å². The fourth-order valence-corrected chi connectivity index (χ4v) is 3.41. The lowest BCUT2D eigenvalue weighted by Gasteiger charge is -2.24. The van der Waals surface area contributed by atoms with E-state index in [1.54, 1.807) is 0 Å². The lowest BCUT2D eigenvalue weighted by atomic mass is 9.81. The molecule has 1 amide bonds. The maximum Gasteiger partial charge on any atom is 0.220 e. The van der Waals surface area contributed by atoms with Crippen LogP contribution in [0.1, 0.15) is 25.8 Å². The average molecular weight is 329 g/mol. The van der Waals surface area contributed by atoms with Crippen molar-refractivity contribution in [3.63, 3.8) is 0 Å². The zero-order chi connectivity index (χ0) is 16.7. The molecule has 0 aliphatic carbocycles. The molecular formula is C19H23NO2S. The van der Waals surface area contributed by atoms with Crippen LogP contribution in [0.4, 0.5) is 0 Å². The molecule has 2 aromatic carbocycles. The SMILES string of the molecule is CC(C)(CC(=O)NCCS(=O)c1ccccc1)c1ccccc1. The van der Waals surface area contributed by atoms with Gasteiger partial charge in [0, 0.05) is 23.6 Å². The summed E-state index contributed by atoms with van der Waals surface area (Å²) in [6, 6.07) is 19.3. The minimum absolute atomic E-state index is 0.0103. The van der Waals surface area contributed by atoms with Crippen LogP contribution in [-0.4, -0.2) is 22.4 Å². The third-order valence-corrected chi connectivity index (χ3v) is 5.15. The number of carbonyl (C=O) groups is 1. The molecule has 0 bridgehead atoms. The highest BCUT2D eigenvalue weighted by molar-refractivity contribution is 7.85. The van der Waals surface area contributed by atoms with Gasteiger partial charge in [-0.2, -0.15) is 0 Å². The molecule has 2 rings (SSSR count). The van der Waals surface area contributed by atoms with Gasteiger partial charge in [-0.05, 0) is 23.1 Å². The summed E-state index contributed by atoms with van der Waals surface area (Å²) < 4.78 is 12.1.